The third kappa shape index (κ3) is 5.14. The highest BCUT2D eigenvalue weighted by molar-refractivity contribution is 7.88. The van der Waals surface area contributed by atoms with Gasteiger partial charge in [0.05, 0.1) is 12.3 Å². The molecule has 1 atom stereocenters. The molecule has 2 aromatic rings. The number of nitrogens with zero attached hydrogens (tertiary/aromatic N) is 4. The van der Waals surface area contributed by atoms with E-state index >= 15 is 0 Å². The Kier molecular flexibility index (Phi) is 5.91. The lowest BCUT2D eigenvalue weighted by Gasteiger charge is -2.31. The first kappa shape index (κ1) is 19.5. The Morgan fingerprint density at radius 1 is 1.19 bits per heavy atom. The van der Waals surface area contributed by atoms with E-state index in [2.05, 4.69) is 10.2 Å². The number of aromatic nitrogens is 2. The van der Waals surface area contributed by atoms with Gasteiger partial charge in [-0.2, -0.15) is 4.31 Å². The third-order valence-corrected chi connectivity index (χ3v) is 6.18. The molecule has 27 heavy (non-hydrogen) atoms. The van der Waals surface area contributed by atoms with Crippen molar-refractivity contribution in [1.29, 1.82) is 0 Å². The molecule has 7 nitrogen and oxygen atoms in total. The van der Waals surface area contributed by atoms with E-state index in [-0.39, 0.29) is 24.2 Å². The first-order valence-electron chi connectivity index (χ1n) is 8.73. The molecule has 1 aliphatic heterocycles. The van der Waals surface area contributed by atoms with Crippen molar-refractivity contribution >= 4 is 15.8 Å². The highest BCUT2D eigenvalue weighted by atomic mass is 32.2. The monoisotopic (exact) mass is 394 g/mol. The van der Waals surface area contributed by atoms with Gasteiger partial charge in [-0.1, -0.05) is 12.1 Å². The predicted octanol–water partition coefficient (Wildman–Crippen LogP) is 2.05. The number of halogens is 1. The van der Waals surface area contributed by atoms with Gasteiger partial charge in [-0.05, 0) is 36.6 Å². The summed E-state index contributed by atoms with van der Waals surface area (Å²) in [5, 5.41) is 8.10. The number of benzene rings is 1. The van der Waals surface area contributed by atoms with Crippen LogP contribution in [0.4, 0.5) is 10.2 Å². The van der Waals surface area contributed by atoms with Gasteiger partial charge in [-0.15, -0.1) is 10.2 Å². The Hall–Kier alpha value is -2.26. The van der Waals surface area contributed by atoms with Gasteiger partial charge in [0.2, 0.25) is 15.9 Å². The highest BCUT2D eigenvalue weighted by Gasteiger charge is 2.30. The summed E-state index contributed by atoms with van der Waals surface area (Å²) in [5.41, 5.74) is 0.560. The van der Waals surface area contributed by atoms with Gasteiger partial charge >= 0.3 is 0 Å². The van der Waals surface area contributed by atoms with Crippen LogP contribution in [0.25, 0.3) is 0 Å². The number of hydrogen-bond donors (Lipinski definition) is 0. The third-order valence-electron chi connectivity index (χ3n) is 4.37. The predicted molar refractivity (Wildman–Crippen MR) is 101 cm³/mol. The SMILES string of the molecule is CN(C)c1ccc(OC2CCCN(S(=O)(=O)Cc3ccc(F)cc3)C2)nn1. The molecular weight excluding hydrogens is 371 g/mol. The summed E-state index contributed by atoms with van der Waals surface area (Å²) in [6.45, 7) is 0.718. The maximum atomic E-state index is 13.0. The molecule has 1 saturated heterocycles. The van der Waals surface area contributed by atoms with E-state index in [1.807, 2.05) is 19.0 Å². The van der Waals surface area contributed by atoms with Crippen molar-refractivity contribution in [3.05, 3.63) is 47.8 Å². The van der Waals surface area contributed by atoms with Gasteiger partial charge in [0, 0.05) is 26.7 Å². The van der Waals surface area contributed by atoms with Gasteiger partial charge in [-0.25, -0.2) is 12.8 Å². The maximum absolute atomic E-state index is 13.0. The second-order valence-electron chi connectivity index (χ2n) is 6.75. The van der Waals surface area contributed by atoms with Gasteiger partial charge < -0.3 is 9.64 Å². The van der Waals surface area contributed by atoms with Crippen LogP contribution in [0.5, 0.6) is 5.88 Å². The number of rotatable bonds is 6. The van der Waals surface area contributed by atoms with E-state index in [0.717, 1.165) is 12.2 Å². The van der Waals surface area contributed by atoms with Crippen molar-refractivity contribution in [2.75, 3.05) is 32.1 Å². The maximum Gasteiger partial charge on any atom is 0.233 e. The lowest BCUT2D eigenvalue weighted by atomic mass is 10.1. The number of sulfonamides is 1. The number of piperidine rings is 1. The first-order valence-corrected chi connectivity index (χ1v) is 10.3. The summed E-state index contributed by atoms with van der Waals surface area (Å²) in [6.07, 6.45) is 1.18. The van der Waals surface area contributed by atoms with E-state index < -0.39 is 10.0 Å². The van der Waals surface area contributed by atoms with Crippen LogP contribution in [-0.2, 0) is 15.8 Å². The fourth-order valence-electron chi connectivity index (χ4n) is 2.92. The quantitative estimate of drug-likeness (QED) is 0.747. The van der Waals surface area contributed by atoms with Crippen LogP contribution in [0.1, 0.15) is 18.4 Å². The Morgan fingerprint density at radius 3 is 2.56 bits per heavy atom. The van der Waals surface area contributed by atoms with Crippen LogP contribution in [0.3, 0.4) is 0 Å². The minimum Gasteiger partial charge on any atom is -0.472 e. The molecule has 146 valence electrons. The van der Waals surface area contributed by atoms with Gasteiger partial charge in [-0.3, -0.25) is 0 Å². The molecule has 0 aliphatic carbocycles. The van der Waals surface area contributed by atoms with Gasteiger partial charge in [0.1, 0.15) is 11.9 Å². The van der Waals surface area contributed by atoms with Crippen LogP contribution in [0.2, 0.25) is 0 Å². The molecule has 0 amide bonds. The van der Waals surface area contributed by atoms with Gasteiger partial charge in [0.25, 0.3) is 0 Å². The van der Waals surface area contributed by atoms with Crippen molar-refractivity contribution in [3.63, 3.8) is 0 Å². The zero-order chi connectivity index (χ0) is 19.4. The van der Waals surface area contributed by atoms with Crippen molar-refractivity contribution in [2.45, 2.75) is 24.7 Å². The average molecular weight is 394 g/mol. The van der Waals surface area contributed by atoms with E-state index in [4.69, 9.17) is 4.74 Å². The Labute approximate surface area is 158 Å². The Bertz CT molecular complexity index is 857. The summed E-state index contributed by atoms with van der Waals surface area (Å²) in [5.74, 6) is 0.555. The molecule has 1 aromatic heterocycles. The standard InChI is InChI=1S/C18H23FN4O3S/c1-22(2)17-9-10-18(21-20-17)26-16-4-3-11-23(12-16)27(24,25)13-14-5-7-15(19)8-6-14/h5-10,16H,3-4,11-13H2,1-2H3. The van der Waals surface area contributed by atoms with E-state index in [9.17, 15) is 12.8 Å². The minimum absolute atomic E-state index is 0.155. The Morgan fingerprint density at radius 2 is 1.93 bits per heavy atom. The lowest BCUT2D eigenvalue weighted by Crippen LogP contribution is -2.44. The normalized spacial score (nSPS) is 18.3. The van der Waals surface area contributed by atoms with E-state index in [1.54, 1.807) is 12.1 Å². The molecule has 1 aromatic carbocycles. The smallest absolute Gasteiger partial charge is 0.233 e. The largest absolute Gasteiger partial charge is 0.472 e. The molecule has 1 fully saturated rings. The zero-order valence-electron chi connectivity index (χ0n) is 15.4. The lowest BCUT2D eigenvalue weighted by molar-refractivity contribution is 0.123. The molecular formula is C18H23FN4O3S. The summed E-state index contributed by atoms with van der Waals surface area (Å²) >= 11 is 0. The van der Waals surface area contributed by atoms with Crippen LogP contribution in [-0.4, -0.2) is 56.2 Å². The number of hydrogen-bond acceptors (Lipinski definition) is 6. The Balaban J connectivity index is 1.63. The summed E-state index contributed by atoms with van der Waals surface area (Å²) in [6, 6.07) is 9.05. The van der Waals surface area contributed by atoms with Crippen molar-refractivity contribution in [2.24, 2.45) is 0 Å². The zero-order valence-corrected chi connectivity index (χ0v) is 16.2. The van der Waals surface area contributed by atoms with Gasteiger partial charge in [0.15, 0.2) is 5.82 Å². The fourth-order valence-corrected chi connectivity index (χ4v) is 4.52. The van der Waals surface area contributed by atoms with Crippen molar-refractivity contribution in [1.82, 2.24) is 14.5 Å². The molecule has 1 aliphatic rings. The molecule has 3 rings (SSSR count). The summed E-state index contributed by atoms with van der Waals surface area (Å²) < 4.78 is 45.7. The minimum atomic E-state index is -3.50. The second-order valence-corrected chi connectivity index (χ2v) is 8.72. The molecule has 2 heterocycles. The molecule has 0 saturated carbocycles. The van der Waals surface area contributed by atoms with Crippen LogP contribution < -0.4 is 9.64 Å². The number of anilines is 1. The second kappa shape index (κ2) is 8.18. The molecule has 0 bridgehead atoms. The molecule has 9 heteroatoms. The molecule has 0 N–H and O–H groups in total. The van der Waals surface area contributed by atoms with Crippen LogP contribution >= 0.6 is 0 Å². The molecule has 1 unspecified atom stereocenters. The number of ether oxygens (including phenoxy) is 1. The van der Waals surface area contributed by atoms with Crippen LogP contribution in [0.15, 0.2) is 36.4 Å². The fraction of sp³-hybridized carbons (Fsp3) is 0.444. The average Bonchev–Trinajstić information content (AvgIpc) is 2.64. The van der Waals surface area contributed by atoms with Crippen molar-refractivity contribution in [3.8, 4) is 5.88 Å². The summed E-state index contributed by atoms with van der Waals surface area (Å²) in [7, 11) is 0.237. The topological polar surface area (TPSA) is 75.6 Å². The van der Waals surface area contributed by atoms with E-state index in [1.165, 1.54) is 28.6 Å². The summed E-state index contributed by atoms with van der Waals surface area (Å²) in [4.78, 5) is 1.83. The van der Waals surface area contributed by atoms with E-state index in [0.29, 0.717) is 24.4 Å². The molecule has 0 radical (unpaired) electrons. The first-order chi connectivity index (χ1) is 12.8. The molecule has 0 spiro atoms. The van der Waals surface area contributed by atoms with Crippen LogP contribution in [0, 0.1) is 5.82 Å². The van der Waals surface area contributed by atoms with Crippen molar-refractivity contribution < 1.29 is 17.5 Å². The highest BCUT2D eigenvalue weighted by Crippen LogP contribution is 2.21.